The first-order valence-electron chi connectivity index (χ1n) is 3.75. The second kappa shape index (κ2) is 7.07. The summed E-state index contributed by atoms with van der Waals surface area (Å²) in [6.45, 7) is 0. The lowest BCUT2D eigenvalue weighted by atomic mass is 10.1. The molecule has 0 aromatic rings. The van der Waals surface area contributed by atoms with Gasteiger partial charge in [-0.25, -0.2) is 0 Å². The molecule has 0 fully saturated rings. The molecule has 0 unspecified atom stereocenters. The van der Waals surface area contributed by atoms with Crippen molar-refractivity contribution in [2.75, 3.05) is 7.11 Å². The average molecular weight is 155 g/mol. The molecule has 3 nitrogen and oxygen atoms in total. The molecule has 0 amide bonds. The summed E-state index contributed by atoms with van der Waals surface area (Å²) < 4.78 is 4.45. The van der Waals surface area contributed by atoms with Crippen LogP contribution in [0, 0.1) is 11.3 Å². The summed E-state index contributed by atoms with van der Waals surface area (Å²) in [7, 11) is 1.39. The monoisotopic (exact) mass is 155 g/mol. The quantitative estimate of drug-likeness (QED) is 0.448. The second-order valence-electron chi connectivity index (χ2n) is 2.29. The molecule has 11 heavy (non-hydrogen) atoms. The van der Waals surface area contributed by atoms with Gasteiger partial charge < -0.3 is 4.74 Å². The lowest BCUT2D eigenvalue weighted by molar-refractivity contribution is -0.140. The Morgan fingerprint density at radius 1 is 1.45 bits per heavy atom. The molecule has 0 saturated carbocycles. The Hall–Kier alpha value is -1.04. The highest BCUT2D eigenvalue weighted by atomic mass is 16.5. The third-order valence-electron chi connectivity index (χ3n) is 1.40. The largest absolute Gasteiger partial charge is 0.469 e. The maximum absolute atomic E-state index is 10.6. The zero-order valence-electron chi connectivity index (χ0n) is 6.80. The second-order valence-corrected chi connectivity index (χ2v) is 2.29. The van der Waals surface area contributed by atoms with E-state index in [1.54, 1.807) is 0 Å². The van der Waals surface area contributed by atoms with E-state index < -0.39 is 0 Å². The topological polar surface area (TPSA) is 50.1 Å². The number of carbonyl (C=O) groups excluding carboxylic acids is 1. The molecule has 0 radical (unpaired) electrons. The number of methoxy groups -OCH3 is 1. The van der Waals surface area contributed by atoms with Gasteiger partial charge in [-0.05, 0) is 12.8 Å². The molecule has 0 rings (SSSR count). The smallest absolute Gasteiger partial charge is 0.305 e. The number of hydrogen-bond donors (Lipinski definition) is 0. The average Bonchev–Trinajstić information content (AvgIpc) is 2.04. The van der Waals surface area contributed by atoms with E-state index in [9.17, 15) is 4.79 Å². The fraction of sp³-hybridized carbons (Fsp3) is 0.750. The minimum atomic E-state index is -0.165. The maximum Gasteiger partial charge on any atom is 0.305 e. The Balaban J connectivity index is 3.03. The molecular weight excluding hydrogens is 142 g/mol. The van der Waals surface area contributed by atoms with E-state index in [-0.39, 0.29) is 5.97 Å². The molecule has 0 N–H and O–H groups in total. The Labute approximate surface area is 67.0 Å². The molecule has 3 heteroatoms. The number of nitrogens with zero attached hydrogens (tertiary/aromatic N) is 1. The first kappa shape index (κ1) is 9.96. The van der Waals surface area contributed by atoms with E-state index in [0.29, 0.717) is 12.8 Å². The molecule has 62 valence electrons. The number of carbonyl (C=O) groups is 1. The van der Waals surface area contributed by atoms with Gasteiger partial charge >= 0.3 is 5.97 Å². The van der Waals surface area contributed by atoms with E-state index in [1.807, 2.05) is 0 Å². The fourth-order valence-corrected chi connectivity index (χ4v) is 0.752. The van der Waals surface area contributed by atoms with Crippen LogP contribution in [0.5, 0.6) is 0 Å². The molecule has 0 heterocycles. The first-order valence-corrected chi connectivity index (χ1v) is 3.75. The van der Waals surface area contributed by atoms with Crippen LogP contribution in [0.1, 0.15) is 32.1 Å². The van der Waals surface area contributed by atoms with Gasteiger partial charge in [0.1, 0.15) is 0 Å². The van der Waals surface area contributed by atoms with Crippen molar-refractivity contribution in [3.8, 4) is 6.07 Å². The molecule has 0 atom stereocenters. The SMILES string of the molecule is COC(=O)CCCCCC#N. The number of unbranched alkanes of at least 4 members (excludes halogenated alkanes) is 3. The van der Waals surface area contributed by atoms with Crippen LogP contribution in [0.15, 0.2) is 0 Å². The summed E-state index contributed by atoms with van der Waals surface area (Å²) in [5.41, 5.74) is 0. The van der Waals surface area contributed by atoms with Gasteiger partial charge in [0, 0.05) is 12.8 Å². The van der Waals surface area contributed by atoms with Gasteiger partial charge in [0.25, 0.3) is 0 Å². The van der Waals surface area contributed by atoms with Crippen LogP contribution < -0.4 is 0 Å². The lowest BCUT2D eigenvalue weighted by Crippen LogP contribution is -1.98. The van der Waals surface area contributed by atoms with Crippen LogP contribution in [0.25, 0.3) is 0 Å². The van der Waals surface area contributed by atoms with Crippen molar-refractivity contribution in [3.63, 3.8) is 0 Å². The van der Waals surface area contributed by atoms with Gasteiger partial charge in [-0.15, -0.1) is 0 Å². The third-order valence-corrected chi connectivity index (χ3v) is 1.40. The summed E-state index contributed by atoms with van der Waals surface area (Å²) in [6, 6.07) is 2.05. The Morgan fingerprint density at radius 2 is 2.18 bits per heavy atom. The molecule has 0 aromatic heterocycles. The van der Waals surface area contributed by atoms with E-state index >= 15 is 0 Å². The predicted molar refractivity (Wildman–Crippen MR) is 40.7 cm³/mol. The summed E-state index contributed by atoms with van der Waals surface area (Å²) in [5, 5.41) is 8.18. The Bertz CT molecular complexity index is 149. The van der Waals surface area contributed by atoms with Crippen LogP contribution in [-0.2, 0) is 9.53 Å². The van der Waals surface area contributed by atoms with E-state index in [4.69, 9.17) is 5.26 Å². The van der Waals surface area contributed by atoms with Gasteiger partial charge in [0.05, 0.1) is 13.2 Å². The molecule has 0 aliphatic rings. The van der Waals surface area contributed by atoms with Crippen molar-refractivity contribution in [3.05, 3.63) is 0 Å². The summed E-state index contributed by atoms with van der Waals surface area (Å²) in [6.07, 6.45) is 3.70. The van der Waals surface area contributed by atoms with Gasteiger partial charge in [-0.1, -0.05) is 6.42 Å². The van der Waals surface area contributed by atoms with Crippen LogP contribution in [0.4, 0.5) is 0 Å². The number of nitriles is 1. The fourth-order valence-electron chi connectivity index (χ4n) is 0.752. The molecule has 0 aliphatic carbocycles. The van der Waals surface area contributed by atoms with E-state index in [2.05, 4.69) is 10.8 Å². The molecule has 0 bridgehead atoms. The van der Waals surface area contributed by atoms with Gasteiger partial charge in [-0.2, -0.15) is 5.26 Å². The standard InChI is InChI=1S/C8H13NO2/c1-11-8(10)6-4-2-3-5-7-9/h2-6H2,1H3. The van der Waals surface area contributed by atoms with Crippen LogP contribution in [0.3, 0.4) is 0 Å². The van der Waals surface area contributed by atoms with Crippen molar-refractivity contribution in [2.45, 2.75) is 32.1 Å². The molecule has 0 saturated heterocycles. The van der Waals surface area contributed by atoms with Crippen molar-refractivity contribution >= 4 is 5.97 Å². The molecule has 0 spiro atoms. The lowest BCUT2D eigenvalue weighted by Gasteiger charge is -1.96. The zero-order valence-corrected chi connectivity index (χ0v) is 6.80. The van der Waals surface area contributed by atoms with Crippen LogP contribution in [0.2, 0.25) is 0 Å². The van der Waals surface area contributed by atoms with Crippen molar-refractivity contribution < 1.29 is 9.53 Å². The highest BCUT2D eigenvalue weighted by Gasteiger charge is 1.97. The Morgan fingerprint density at radius 3 is 2.73 bits per heavy atom. The van der Waals surface area contributed by atoms with Crippen LogP contribution >= 0.6 is 0 Å². The molecule has 0 aromatic carbocycles. The minimum absolute atomic E-state index is 0.165. The van der Waals surface area contributed by atoms with Gasteiger partial charge in [-0.3, -0.25) is 4.79 Å². The maximum atomic E-state index is 10.6. The van der Waals surface area contributed by atoms with Crippen molar-refractivity contribution in [1.29, 1.82) is 5.26 Å². The summed E-state index contributed by atoms with van der Waals surface area (Å²) in [4.78, 5) is 10.6. The van der Waals surface area contributed by atoms with Crippen LogP contribution in [-0.4, -0.2) is 13.1 Å². The minimum Gasteiger partial charge on any atom is -0.469 e. The number of esters is 1. The molecular formula is C8H13NO2. The number of rotatable bonds is 5. The predicted octanol–water partition coefficient (Wildman–Crippen LogP) is 1.63. The van der Waals surface area contributed by atoms with Crippen molar-refractivity contribution in [2.24, 2.45) is 0 Å². The Kier molecular flexibility index (Phi) is 6.40. The number of ether oxygens (including phenoxy) is 1. The first-order chi connectivity index (χ1) is 5.31. The normalized spacial score (nSPS) is 8.73. The van der Waals surface area contributed by atoms with E-state index in [0.717, 1.165) is 19.3 Å². The molecule has 0 aliphatic heterocycles. The number of hydrogen-bond acceptors (Lipinski definition) is 3. The van der Waals surface area contributed by atoms with Crippen molar-refractivity contribution in [1.82, 2.24) is 0 Å². The third kappa shape index (κ3) is 6.85. The highest BCUT2D eigenvalue weighted by molar-refractivity contribution is 5.68. The highest BCUT2D eigenvalue weighted by Crippen LogP contribution is 2.02. The van der Waals surface area contributed by atoms with Gasteiger partial charge in [0.2, 0.25) is 0 Å². The summed E-state index contributed by atoms with van der Waals surface area (Å²) >= 11 is 0. The van der Waals surface area contributed by atoms with E-state index in [1.165, 1.54) is 7.11 Å². The van der Waals surface area contributed by atoms with Gasteiger partial charge in [0.15, 0.2) is 0 Å². The zero-order chi connectivity index (χ0) is 8.53. The summed E-state index contributed by atoms with van der Waals surface area (Å²) in [5.74, 6) is -0.165.